The van der Waals surface area contributed by atoms with E-state index >= 15 is 0 Å². The molecule has 5 rings (SSSR count). The van der Waals surface area contributed by atoms with Gasteiger partial charge in [0.25, 0.3) is 0 Å². The van der Waals surface area contributed by atoms with Crippen molar-refractivity contribution in [3.05, 3.63) is 89.5 Å². The SMILES string of the molecule is O=C1C(Cc2ccc(-c3nc4ccccc4s3)cc2)=CC(=O)c2ncncc21. The Labute approximate surface area is 164 Å². The van der Waals surface area contributed by atoms with Crippen LogP contribution in [0.15, 0.2) is 72.7 Å². The summed E-state index contributed by atoms with van der Waals surface area (Å²) in [5.41, 5.74) is 3.89. The summed E-state index contributed by atoms with van der Waals surface area (Å²) >= 11 is 1.65. The molecule has 6 heteroatoms. The van der Waals surface area contributed by atoms with Crippen molar-refractivity contribution in [2.24, 2.45) is 0 Å². The second-order valence-electron chi connectivity index (χ2n) is 6.51. The van der Waals surface area contributed by atoms with Gasteiger partial charge in [0.05, 0.1) is 15.8 Å². The van der Waals surface area contributed by atoms with E-state index in [2.05, 4.69) is 21.0 Å². The highest BCUT2D eigenvalue weighted by Crippen LogP contribution is 2.30. The van der Waals surface area contributed by atoms with Crippen LogP contribution >= 0.6 is 11.3 Å². The summed E-state index contributed by atoms with van der Waals surface area (Å²) in [4.78, 5) is 37.3. The highest BCUT2D eigenvalue weighted by molar-refractivity contribution is 7.21. The second kappa shape index (κ2) is 6.58. The van der Waals surface area contributed by atoms with Crippen molar-refractivity contribution in [3.63, 3.8) is 0 Å². The average molecular weight is 383 g/mol. The van der Waals surface area contributed by atoms with Crippen molar-refractivity contribution in [1.29, 1.82) is 0 Å². The van der Waals surface area contributed by atoms with E-state index in [-0.39, 0.29) is 22.8 Å². The Balaban J connectivity index is 1.41. The largest absolute Gasteiger partial charge is 0.289 e. The van der Waals surface area contributed by atoms with Crippen molar-refractivity contribution in [2.45, 2.75) is 6.42 Å². The number of carbonyl (C=O) groups excluding carboxylic acids is 2. The third-order valence-electron chi connectivity index (χ3n) is 4.68. The van der Waals surface area contributed by atoms with Gasteiger partial charge in [-0.15, -0.1) is 11.3 Å². The lowest BCUT2D eigenvalue weighted by molar-refractivity contribution is 0.0978. The topological polar surface area (TPSA) is 72.8 Å². The number of para-hydroxylation sites is 1. The fourth-order valence-corrected chi connectivity index (χ4v) is 4.24. The summed E-state index contributed by atoms with van der Waals surface area (Å²) in [6.07, 6.45) is 4.47. The highest BCUT2D eigenvalue weighted by atomic mass is 32.1. The minimum atomic E-state index is -0.252. The molecule has 0 atom stereocenters. The minimum Gasteiger partial charge on any atom is -0.289 e. The summed E-state index contributed by atoms with van der Waals surface area (Å²) in [6.45, 7) is 0. The van der Waals surface area contributed by atoms with Gasteiger partial charge in [-0.3, -0.25) is 9.59 Å². The first-order valence-electron chi connectivity index (χ1n) is 8.73. The van der Waals surface area contributed by atoms with Gasteiger partial charge in [0.1, 0.15) is 17.0 Å². The fourth-order valence-electron chi connectivity index (χ4n) is 3.27. The van der Waals surface area contributed by atoms with E-state index in [0.29, 0.717) is 12.0 Å². The van der Waals surface area contributed by atoms with E-state index in [0.717, 1.165) is 26.4 Å². The molecule has 1 aliphatic rings. The van der Waals surface area contributed by atoms with E-state index in [1.165, 1.54) is 18.6 Å². The van der Waals surface area contributed by atoms with Crippen LogP contribution in [-0.2, 0) is 6.42 Å². The molecule has 0 bridgehead atoms. The Morgan fingerprint density at radius 2 is 1.79 bits per heavy atom. The predicted octanol–water partition coefficient (Wildman–Crippen LogP) is 4.30. The number of thiazole rings is 1. The summed E-state index contributed by atoms with van der Waals surface area (Å²) in [6, 6.07) is 16.0. The van der Waals surface area contributed by atoms with Crippen LogP contribution in [0.1, 0.15) is 26.4 Å². The van der Waals surface area contributed by atoms with Gasteiger partial charge in [0, 0.05) is 23.8 Å². The molecule has 28 heavy (non-hydrogen) atoms. The number of ketones is 2. The zero-order valence-electron chi connectivity index (χ0n) is 14.6. The van der Waals surface area contributed by atoms with Gasteiger partial charge in [0.2, 0.25) is 5.78 Å². The van der Waals surface area contributed by atoms with Gasteiger partial charge in [-0.25, -0.2) is 15.0 Å². The number of nitrogens with zero attached hydrogens (tertiary/aromatic N) is 3. The lowest BCUT2D eigenvalue weighted by Gasteiger charge is -2.13. The van der Waals surface area contributed by atoms with Crippen molar-refractivity contribution in [1.82, 2.24) is 15.0 Å². The van der Waals surface area contributed by atoms with Crippen LogP contribution in [0, 0.1) is 0 Å². The maximum atomic E-state index is 12.6. The van der Waals surface area contributed by atoms with Crippen molar-refractivity contribution in [2.75, 3.05) is 0 Å². The van der Waals surface area contributed by atoms with Crippen LogP contribution in [-0.4, -0.2) is 26.5 Å². The molecule has 2 heterocycles. The number of allylic oxidation sites excluding steroid dienone is 2. The first-order valence-corrected chi connectivity index (χ1v) is 9.55. The molecule has 5 nitrogen and oxygen atoms in total. The zero-order chi connectivity index (χ0) is 19.1. The monoisotopic (exact) mass is 383 g/mol. The molecule has 0 amide bonds. The number of fused-ring (bicyclic) bond motifs is 2. The van der Waals surface area contributed by atoms with Crippen LogP contribution in [0.5, 0.6) is 0 Å². The molecule has 134 valence electrons. The van der Waals surface area contributed by atoms with Gasteiger partial charge in [-0.2, -0.15) is 0 Å². The predicted molar refractivity (Wildman–Crippen MR) is 108 cm³/mol. The summed E-state index contributed by atoms with van der Waals surface area (Å²) in [5.74, 6) is -0.441. The molecular weight excluding hydrogens is 370 g/mol. The molecule has 0 radical (unpaired) electrons. The highest BCUT2D eigenvalue weighted by Gasteiger charge is 2.26. The summed E-state index contributed by atoms with van der Waals surface area (Å²) in [5, 5.41) is 0.960. The third-order valence-corrected chi connectivity index (χ3v) is 5.76. The van der Waals surface area contributed by atoms with Crippen LogP contribution in [0.4, 0.5) is 0 Å². The van der Waals surface area contributed by atoms with Crippen LogP contribution in [0.25, 0.3) is 20.8 Å². The van der Waals surface area contributed by atoms with Crippen LogP contribution in [0.2, 0.25) is 0 Å². The van der Waals surface area contributed by atoms with E-state index < -0.39 is 0 Å². The number of Topliss-reactive ketones (excluding diaryl/α,β-unsaturated/α-hetero) is 1. The van der Waals surface area contributed by atoms with Crippen LogP contribution < -0.4 is 0 Å². The molecule has 2 aromatic carbocycles. The first kappa shape index (κ1) is 16.6. The van der Waals surface area contributed by atoms with Gasteiger partial charge >= 0.3 is 0 Å². The molecule has 0 saturated carbocycles. The van der Waals surface area contributed by atoms with Gasteiger partial charge in [-0.1, -0.05) is 36.4 Å². The van der Waals surface area contributed by atoms with Crippen molar-refractivity contribution < 1.29 is 9.59 Å². The molecule has 0 N–H and O–H groups in total. The number of benzene rings is 2. The van der Waals surface area contributed by atoms with E-state index in [1.54, 1.807) is 11.3 Å². The molecule has 0 spiro atoms. The number of carbonyl (C=O) groups is 2. The number of hydrogen-bond acceptors (Lipinski definition) is 6. The Bertz CT molecular complexity index is 1240. The van der Waals surface area contributed by atoms with Gasteiger partial charge < -0.3 is 0 Å². The normalized spacial score (nSPS) is 13.5. The molecule has 4 aromatic rings. The Morgan fingerprint density at radius 3 is 2.61 bits per heavy atom. The van der Waals surface area contributed by atoms with Gasteiger partial charge in [0.15, 0.2) is 5.78 Å². The maximum absolute atomic E-state index is 12.6. The quantitative estimate of drug-likeness (QED) is 0.527. The molecule has 1 aliphatic carbocycles. The molecule has 0 aliphatic heterocycles. The summed E-state index contributed by atoms with van der Waals surface area (Å²) < 4.78 is 1.15. The van der Waals surface area contributed by atoms with E-state index in [4.69, 9.17) is 0 Å². The lowest BCUT2D eigenvalue weighted by Crippen LogP contribution is -2.20. The lowest BCUT2D eigenvalue weighted by atomic mass is 9.90. The zero-order valence-corrected chi connectivity index (χ0v) is 15.4. The standard InChI is InChI=1S/C22H13N3O2S/c26-18-10-15(21(27)16-11-23-12-24-20(16)18)9-13-5-7-14(8-6-13)22-25-17-3-1-2-4-19(17)28-22/h1-8,10-12H,9H2. The molecule has 2 aromatic heterocycles. The van der Waals surface area contributed by atoms with E-state index in [9.17, 15) is 9.59 Å². The molecular formula is C22H13N3O2S. The number of hydrogen-bond donors (Lipinski definition) is 0. The van der Waals surface area contributed by atoms with Crippen molar-refractivity contribution >= 4 is 33.1 Å². The second-order valence-corrected chi connectivity index (χ2v) is 7.54. The summed E-state index contributed by atoms with van der Waals surface area (Å²) in [7, 11) is 0. The van der Waals surface area contributed by atoms with Crippen molar-refractivity contribution in [3.8, 4) is 10.6 Å². The number of aromatic nitrogens is 3. The maximum Gasteiger partial charge on any atom is 0.205 e. The Hall–Kier alpha value is -3.51. The minimum absolute atomic E-state index is 0.176. The Morgan fingerprint density at radius 1 is 0.964 bits per heavy atom. The van der Waals surface area contributed by atoms with Gasteiger partial charge in [-0.05, 0) is 23.8 Å². The molecule has 0 unspecified atom stereocenters. The molecule has 0 saturated heterocycles. The smallest absolute Gasteiger partial charge is 0.205 e. The average Bonchev–Trinajstić information content (AvgIpc) is 3.17. The third kappa shape index (κ3) is 2.84. The fraction of sp³-hybridized carbons (Fsp3) is 0.0455. The van der Waals surface area contributed by atoms with E-state index in [1.807, 2.05) is 42.5 Å². The number of rotatable bonds is 3. The Kier molecular flexibility index (Phi) is 3.91. The van der Waals surface area contributed by atoms with Crippen LogP contribution in [0.3, 0.4) is 0 Å². The molecule has 0 fully saturated rings. The first-order chi connectivity index (χ1) is 13.7.